The van der Waals surface area contributed by atoms with Crippen LogP contribution in [0.1, 0.15) is 27.3 Å². The fraction of sp³-hybridized carbons (Fsp3) is 0.304. The van der Waals surface area contributed by atoms with Crippen molar-refractivity contribution in [3.63, 3.8) is 0 Å². The van der Waals surface area contributed by atoms with E-state index in [1.54, 1.807) is 18.2 Å². The van der Waals surface area contributed by atoms with Crippen LogP contribution >= 0.6 is 12.4 Å². The van der Waals surface area contributed by atoms with Crippen molar-refractivity contribution in [2.24, 2.45) is 0 Å². The molecule has 1 aromatic heterocycles. The van der Waals surface area contributed by atoms with E-state index in [1.807, 2.05) is 0 Å². The number of carbonyl (C=O) groups is 1. The molecular formula is C23H25ClN4O4. The number of aryl methyl sites for hydroxylation is 1. The first-order chi connectivity index (χ1) is 15.1. The van der Waals surface area contributed by atoms with Gasteiger partial charge < -0.3 is 24.3 Å². The quantitative estimate of drug-likeness (QED) is 0.574. The minimum atomic E-state index is -0.377. The Kier molecular flexibility index (Phi) is 6.25. The number of halogens is 1. The van der Waals surface area contributed by atoms with Gasteiger partial charge in [0.05, 0.1) is 5.69 Å². The van der Waals surface area contributed by atoms with Crippen LogP contribution in [0.15, 0.2) is 47.3 Å². The summed E-state index contributed by atoms with van der Waals surface area (Å²) in [4.78, 5) is 35.2. The molecule has 9 heteroatoms. The molecule has 8 nitrogen and oxygen atoms in total. The number of fused-ring (bicyclic) bond motifs is 1. The lowest BCUT2D eigenvalue weighted by Crippen LogP contribution is -2.46. The minimum Gasteiger partial charge on any atom is -0.454 e. The Morgan fingerprint density at radius 1 is 1.00 bits per heavy atom. The highest BCUT2D eigenvalue weighted by molar-refractivity contribution is 6.08. The van der Waals surface area contributed by atoms with Crippen molar-refractivity contribution in [2.45, 2.75) is 13.5 Å². The lowest BCUT2D eigenvalue weighted by molar-refractivity contribution is 0.103. The van der Waals surface area contributed by atoms with Crippen LogP contribution in [0.3, 0.4) is 0 Å². The lowest BCUT2D eigenvalue weighted by atomic mass is 10.1. The number of H-pyrrole nitrogens is 2. The Balaban J connectivity index is 0.00000245. The number of anilines is 1. The Hall–Kier alpha value is -3.23. The van der Waals surface area contributed by atoms with Crippen molar-refractivity contribution in [1.29, 1.82) is 0 Å². The van der Waals surface area contributed by atoms with Crippen molar-refractivity contribution < 1.29 is 14.3 Å². The fourth-order valence-corrected chi connectivity index (χ4v) is 4.20. The second-order valence-corrected chi connectivity index (χ2v) is 7.88. The largest absolute Gasteiger partial charge is 0.454 e. The van der Waals surface area contributed by atoms with Gasteiger partial charge in [0.25, 0.3) is 0 Å². The van der Waals surface area contributed by atoms with Gasteiger partial charge in [0.15, 0.2) is 11.5 Å². The van der Waals surface area contributed by atoms with Gasteiger partial charge >= 0.3 is 5.69 Å². The highest BCUT2D eigenvalue weighted by Crippen LogP contribution is 2.33. The summed E-state index contributed by atoms with van der Waals surface area (Å²) < 4.78 is 10.7. The van der Waals surface area contributed by atoms with Crippen molar-refractivity contribution >= 4 is 23.9 Å². The van der Waals surface area contributed by atoms with E-state index in [0.717, 1.165) is 26.2 Å². The number of nitrogens with one attached hydrogen (secondary N) is 2. The highest BCUT2D eigenvalue weighted by atomic mass is 35.5. The number of nitrogens with zero attached hydrogens (tertiary/aromatic N) is 2. The fourth-order valence-electron chi connectivity index (χ4n) is 4.20. The normalized spacial score (nSPS) is 15.5. The summed E-state index contributed by atoms with van der Waals surface area (Å²) in [5.41, 5.74) is 3.50. The van der Waals surface area contributed by atoms with E-state index in [1.165, 1.54) is 11.3 Å². The zero-order valence-electron chi connectivity index (χ0n) is 17.7. The number of piperazine rings is 1. The van der Waals surface area contributed by atoms with Gasteiger partial charge in [-0.25, -0.2) is 4.79 Å². The molecule has 3 heterocycles. The number of ether oxygens (including phenoxy) is 2. The predicted molar refractivity (Wildman–Crippen MR) is 123 cm³/mol. The van der Waals surface area contributed by atoms with Gasteiger partial charge in [-0.2, -0.15) is 0 Å². The maximum atomic E-state index is 13.1. The number of aromatic amines is 2. The molecule has 0 saturated carbocycles. The predicted octanol–water partition coefficient (Wildman–Crippen LogP) is 2.72. The van der Waals surface area contributed by atoms with Crippen LogP contribution in [0.5, 0.6) is 11.5 Å². The smallest absolute Gasteiger partial charge is 0.323 e. The topological polar surface area (TPSA) is 90.7 Å². The van der Waals surface area contributed by atoms with Gasteiger partial charge in [-0.1, -0.05) is 18.2 Å². The van der Waals surface area contributed by atoms with Crippen molar-refractivity contribution in [2.75, 3.05) is 37.9 Å². The zero-order chi connectivity index (χ0) is 21.4. The van der Waals surface area contributed by atoms with Crippen LogP contribution in [0.25, 0.3) is 0 Å². The van der Waals surface area contributed by atoms with Crippen LogP contribution in [-0.4, -0.2) is 53.6 Å². The Bertz CT molecular complexity index is 1180. The van der Waals surface area contributed by atoms with Gasteiger partial charge in [-0.05, 0) is 36.8 Å². The second-order valence-electron chi connectivity index (χ2n) is 7.88. The molecule has 0 amide bonds. The number of hydrogen-bond acceptors (Lipinski definition) is 6. The first-order valence-corrected chi connectivity index (χ1v) is 10.4. The van der Waals surface area contributed by atoms with Crippen LogP contribution in [0, 0.1) is 6.92 Å². The van der Waals surface area contributed by atoms with Gasteiger partial charge in [0, 0.05) is 44.0 Å². The number of aromatic nitrogens is 2. The summed E-state index contributed by atoms with van der Waals surface area (Å²) in [6, 6.07) is 13.4. The monoisotopic (exact) mass is 456 g/mol. The number of hydrogen-bond donors (Lipinski definition) is 2. The van der Waals surface area contributed by atoms with Gasteiger partial charge in [-0.3, -0.25) is 9.69 Å². The molecular weight excluding hydrogens is 432 g/mol. The molecule has 2 aliphatic heterocycles. The summed E-state index contributed by atoms with van der Waals surface area (Å²) in [6.45, 7) is 6.26. The Labute approximate surface area is 191 Å². The average molecular weight is 457 g/mol. The maximum Gasteiger partial charge on any atom is 0.323 e. The standard InChI is InChI=1S/C23H24N4O4.ClH/c1-15-4-2-3-5-18(15)27-10-8-26(9-11-27)13-17-21(25-23(29)24-17)22(28)16-6-7-19-20(12-16)31-14-30-19;/h2-7,12H,8-11,13-14H2,1H3,(H2,24,25,29);1H. The van der Waals surface area contributed by atoms with Gasteiger partial charge in [-0.15, -0.1) is 12.4 Å². The summed E-state index contributed by atoms with van der Waals surface area (Å²) >= 11 is 0. The number of ketones is 1. The minimum absolute atomic E-state index is 0. The van der Waals surface area contributed by atoms with Crippen LogP contribution < -0.4 is 20.1 Å². The highest BCUT2D eigenvalue weighted by Gasteiger charge is 2.24. The molecule has 0 radical (unpaired) electrons. The number of rotatable bonds is 5. The summed E-state index contributed by atoms with van der Waals surface area (Å²) in [7, 11) is 0. The molecule has 5 rings (SSSR count). The second kappa shape index (κ2) is 9.10. The molecule has 2 N–H and O–H groups in total. The first kappa shape index (κ1) is 22.0. The Morgan fingerprint density at radius 3 is 2.53 bits per heavy atom. The van der Waals surface area contributed by atoms with E-state index in [-0.39, 0.29) is 30.7 Å². The molecule has 1 fully saturated rings. The van der Waals surface area contributed by atoms with E-state index in [2.05, 4.69) is 51.0 Å². The average Bonchev–Trinajstić information content (AvgIpc) is 3.40. The van der Waals surface area contributed by atoms with E-state index >= 15 is 0 Å². The third-order valence-corrected chi connectivity index (χ3v) is 5.88. The SMILES string of the molecule is Cc1ccccc1N1CCN(Cc2[nH]c(=O)[nH]c2C(=O)c2ccc3c(c2)OCO3)CC1.Cl. The molecule has 2 aromatic carbocycles. The number of imidazole rings is 1. The number of para-hydroxylation sites is 1. The van der Waals surface area contributed by atoms with Crippen LogP contribution in [-0.2, 0) is 6.54 Å². The van der Waals surface area contributed by atoms with Crippen LogP contribution in [0.2, 0.25) is 0 Å². The molecule has 0 unspecified atom stereocenters. The van der Waals surface area contributed by atoms with E-state index < -0.39 is 0 Å². The van der Waals surface area contributed by atoms with Gasteiger partial charge in [0.2, 0.25) is 12.6 Å². The third kappa shape index (κ3) is 4.24. The summed E-state index contributed by atoms with van der Waals surface area (Å²) in [5.74, 6) is 0.911. The third-order valence-electron chi connectivity index (χ3n) is 5.88. The molecule has 0 aliphatic carbocycles. The molecule has 32 heavy (non-hydrogen) atoms. The molecule has 2 aliphatic rings. The molecule has 1 saturated heterocycles. The number of carbonyl (C=O) groups excluding carboxylic acids is 1. The molecule has 0 bridgehead atoms. The van der Waals surface area contributed by atoms with E-state index in [4.69, 9.17) is 9.47 Å². The maximum absolute atomic E-state index is 13.1. The number of benzene rings is 2. The summed E-state index contributed by atoms with van der Waals surface area (Å²) in [6.07, 6.45) is 0. The molecule has 0 spiro atoms. The molecule has 0 atom stereocenters. The molecule has 168 valence electrons. The van der Waals surface area contributed by atoms with Gasteiger partial charge in [0.1, 0.15) is 5.69 Å². The van der Waals surface area contributed by atoms with Crippen molar-refractivity contribution in [3.8, 4) is 11.5 Å². The molecule has 3 aromatic rings. The summed E-state index contributed by atoms with van der Waals surface area (Å²) in [5, 5.41) is 0. The van der Waals surface area contributed by atoms with Crippen molar-refractivity contribution in [3.05, 3.63) is 75.5 Å². The lowest BCUT2D eigenvalue weighted by Gasteiger charge is -2.36. The Morgan fingerprint density at radius 2 is 1.75 bits per heavy atom. The zero-order valence-corrected chi connectivity index (χ0v) is 18.5. The van der Waals surface area contributed by atoms with E-state index in [0.29, 0.717) is 35.0 Å². The van der Waals surface area contributed by atoms with Crippen LogP contribution in [0.4, 0.5) is 5.69 Å². The first-order valence-electron chi connectivity index (χ1n) is 10.4. The van der Waals surface area contributed by atoms with E-state index in [9.17, 15) is 9.59 Å². The van der Waals surface area contributed by atoms with Crippen molar-refractivity contribution in [1.82, 2.24) is 14.9 Å².